The Balaban J connectivity index is 1.96. The molecule has 1 aromatic carbocycles. The number of piperidine rings is 1. The first-order valence-corrected chi connectivity index (χ1v) is 15.2. The van der Waals surface area contributed by atoms with Crippen molar-refractivity contribution in [1.82, 2.24) is 10.2 Å². The molecule has 2 amide bonds. The molecule has 192 valence electrons. The average Bonchev–Trinajstić information content (AvgIpc) is 2.74. The smallest absolute Gasteiger partial charge is 0.410 e. The van der Waals surface area contributed by atoms with E-state index >= 15 is 0 Å². The molecular weight excluding hydrogens is 448 g/mol. The number of carbonyl (C=O) groups is 2. The average molecular weight is 493 g/mol. The van der Waals surface area contributed by atoms with Gasteiger partial charge in [-0.15, -0.1) is 0 Å². The third-order valence-electron chi connectivity index (χ3n) is 6.63. The van der Waals surface area contributed by atoms with E-state index < -0.39 is 20.0 Å². The third kappa shape index (κ3) is 8.95. The van der Waals surface area contributed by atoms with E-state index in [9.17, 15) is 9.59 Å². The molecule has 34 heavy (non-hydrogen) atoms. The van der Waals surface area contributed by atoms with E-state index in [-0.39, 0.29) is 29.8 Å². The van der Waals surface area contributed by atoms with E-state index in [0.717, 1.165) is 18.4 Å². The first-order chi connectivity index (χ1) is 15.7. The highest BCUT2D eigenvalue weighted by atomic mass is 28.4. The Morgan fingerprint density at radius 1 is 1.06 bits per heavy atom. The van der Waals surface area contributed by atoms with Crippen LogP contribution in [-0.2, 0) is 20.5 Å². The van der Waals surface area contributed by atoms with Gasteiger partial charge in [0.1, 0.15) is 12.2 Å². The minimum absolute atomic E-state index is 0.0547. The van der Waals surface area contributed by atoms with Crippen molar-refractivity contribution in [3.05, 3.63) is 35.9 Å². The highest BCUT2D eigenvalue weighted by Crippen LogP contribution is 2.39. The number of alkyl carbamates (subject to hydrolysis) is 1. The summed E-state index contributed by atoms with van der Waals surface area (Å²) in [6, 6.07) is 9.70. The molecule has 1 aromatic rings. The molecule has 1 fully saturated rings. The normalized spacial score (nSPS) is 16.6. The van der Waals surface area contributed by atoms with Gasteiger partial charge in [0, 0.05) is 19.6 Å². The van der Waals surface area contributed by atoms with Crippen molar-refractivity contribution >= 4 is 20.5 Å². The van der Waals surface area contributed by atoms with E-state index in [1.54, 1.807) is 4.90 Å². The van der Waals surface area contributed by atoms with Crippen LogP contribution < -0.4 is 5.32 Å². The van der Waals surface area contributed by atoms with Crippen LogP contribution in [0.2, 0.25) is 18.1 Å². The molecule has 1 saturated heterocycles. The van der Waals surface area contributed by atoms with Crippen molar-refractivity contribution in [2.75, 3.05) is 19.6 Å². The molecule has 0 bridgehead atoms. The Bertz CT molecular complexity index is 794. The van der Waals surface area contributed by atoms with Crippen molar-refractivity contribution in [3.63, 3.8) is 0 Å². The summed E-state index contributed by atoms with van der Waals surface area (Å²) >= 11 is 0. The molecular formula is C26H44N2O5Si. The van der Waals surface area contributed by atoms with Gasteiger partial charge in [-0.3, -0.25) is 0 Å². The fraction of sp³-hybridized carbons (Fsp3) is 0.692. The van der Waals surface area contributed by atoms with Crippen LogP contribution in [0.25, 0.3) is 0 Å². The van der Waals surface area contributed by atoms with Gasteiger partial charge in [-0.05, 0) is 63.2 Å². The summed E-state index contributed by atoms with van der Waals surface area (Å²) in [6.07, 6.45) is 0.760. The lowest BCUT2D eigenvalue weighted by atomic mass is 9.91. The maximum absolute atomic E-state index is 12.6. The van der Waals surface area contributed by atoms with Gasteiger partial charge in [-0.2, -0.15) is 0 Å². The number of ether oxygens (including phenoxy) is 2. The van der Waals surface area contributed by atoms with E-state index in [0.29, 0.717) is 19.6 Å². The summed E-state index contributed by atoms with van der Waals surface area (Å²) < 4.78 is 17.7. The van der Waals surface area contributed by atoms with Gasteiger partial charge < -0.3 is 24.1 Å². The largest absolute Gasteiger partial charge is 0.445 e. The maximum atomic E-state index is 12.6. The summed E-state index contributed by atoms with van der Waals surface area (Å²) in [5.41, 5.74) is 0.424. The predicted octanol–water partition coefficient (Wildman–Crippen LogP) is 5.95. The number of nitrogens with zero attached hydrogens (tertiary/aromatic N) is 1. The van der Waals surface area contributed by atoms with Crippen molar-refractivity contribution in [2.45, 2.75) is 90.8 Å². The number of carbonyl (C=O) groups excluding carboxylic acids is 2. The Hall–Kier alpha value is -2.06. The van der Waals surface area contributed by atoms with Crippen LogP contribution in [0.15, 0.2) is 30.3 Å². The van der Waals surface area contributed by atoms with E-state index in [2.05, 4.69) is 39.2 Å². The minimum atomic E-state index is -2.06. The van der Waals surface area contributed by atoms with Crippen LogP contribution in [-0.4, -0.2) is 56.7 Å². The summed E-state index contributed by atoms with van der Waals surface area (Å²) in [5, 5.41) is 2.97. The zero-order valence-corrected chi connectivity index (χ0v) is 23.3. The number of nitrogens with one attached hydrogen (secondary N) is 1. The van der Waals surface area contributed by atoms with Crippen LogP contribution in [0.5, 0.6) is 0 Å². The SMILES string of the molecule is CC(C)(C)OC(=O)NCC(O[Si](C)(C)C(C)(C)C)C1CCN(C(=O)OCc2ccccc2)CC1. The van der Waals surface area contributed by atoms with Crippen molar-refractivity contribution in [3.8, 4) is 0 Å². The van der Waals surface area contributed by atoms with Gasteiger partial charge >= 0.3 is 12.2 Å². The van der Waals surface area contributed by atoms with Crippen LogP contribution in [0.3, 0.4) is 0 Å². The number of likely N-dealkylation sites (tertiary alicyclic amines) is 1. The Morgan fingerprint density at radius 3 is 2.18 bits per heavy atom. The number of rotatable bonds is 7. The molecule has 0 radical (unpaired) electrons. The number of benzene rings is 1. The first kappa shape index (κ1) is 28.2. The van der Waals surface area contributed by atoms with E-state index in [1.165, 1.54) is 0 Å². The van der Waals surface area contributed by atoms with Crippen LogP contribution in [0.4, 0.5) is 9.59 Å². The summed E-state index contributed by atoms with van der Waals surface area (Å²) in [4.78, 5) is 26.6. The molecule has 1 heterocycles. The lowest BCUT2D eigenvalue weighted by Crippen LogP contribution is -2.52. The van der Waals surface area contributed by atoms with Crippen molar-refractivity contribution < 1.29 is 23.5 Å². The zero-order chi connectivity index (χ0) is 25.6. The van der Waals surface area contributed by atoms with Gasteiger partial charge in [0.15, 0.2) is 8.32 Å². The number of hydrogen-bond donors (Lipinski definition) is 1. The quantitative estimate of drug-likeness (QED) is 0.476. The lowest BCUT2D eigenvalue weighted by molar-refractivity contribution is 0.0374. The molecule has 2 rings (SSSR count). The second-order valence-corrected chi connectivity index (χ2v) is 16.4. The molecule has 0 spiro atoms. The second kappa shape index (κ2) is 11.6. The fourth-order valence-electron chi connectivity index (χ4n) is 3.62. The fourth-order valence-corrected chi connectivity index (χ4v) is 5.01. The molecule has 7 nitrogen and oxygen atoms in total. The van der Waals surface area contributed by atoms with Gasteiger partial charge in [-0.1, -0.05) is 51.1 Å². The molecule has 1 atom stereocenters. The number of amides is 2. The molecule has 0 aliphatic carbocycles. The van der Waals surface area contributed by atoms with Gasteiger partial charge in [0.2, 0.25) is 0 Å². The Morgan fingerprint density at radius 2 is 1.65 bits per heavy atom. The zero-order valence-electron chi connectivity index (χ0n) is 22.3. The highest BCUT2D eigenvalue weighted by Gasteiger charge is 2.41. The molecule has 1 aliphatic rings. The summed E-state index contributed by atoms with van der Waals surface area (Å²) in [5.74, 6) is 0.238. The predicted molar refractivity (Wildman–Crippen MR) is 137 cm³/mol. The van der Waals surface area contributed by atoms with Gasteiger partial charge in [-0.25, -0.2) is 9.59 Å². The summed E-state index contributed by atoms with van der Waals surface area (Å²) in [6.45, 7) is 18.5. The second-order valence-electron chi connectivity index (χ2n) is 11.7. The van der Waals surface area contributed by atoms with Crippen LogP contribution in [0, 0.1) is 5.92 Å². The molecule has 0 saturated carbocycles. The number of hydrogen-bond acceptors (Lipinski definition) is 5. The summed E-state index contributed by atoms with van der Waals surface area (Å²) in [7, 11) is -2.06. The molecule has 0 aromatic heterocycles. The van der Waals surface area contributed by atoms with Gasteiger partial charge in [0.25, 0.3) is 0 Å². The van der Waals surface area contributed by atoms with Crippen LogP contribution in [0.1, 0.15) is 59.9 Å². The standard InChI is InChI=1S/C26H44N2O5Si/c1-25(2,3)32-23(29)27-18-22(33-34(7,8)26(4,5)6)21-14-16-28(17-15-21)24(30)31-19-20-12-10-9-11-13-20/h9-13,21-22H,14-19H2,1-8H3,(H,27,29). The van der Waals surface area contributed by atoms with Crippen LogP contribution >= 0.6 is 0 Å². The van der Waals surface area contributed by atoms with E-state index in [1.807, 2.05) is 51.1 Å². The molecule has 8 heteroatoms. The minimum Gasteiger partial charge on any atom is -0.445 e. The Kier molecular flexibility index (Phi) is 9.59. The van der Waals surface area contributed by atoms with Crippen molar-refractivity contribution in [2.24, 2.45) is 5.92 Å². The Labute approximate surface area is 206 Å². The first-order valence-electron chi connectivity index (χ1n) is 12.3. The van der Waals surface area contributed by atoms with E-state index in [4.69, 9.17) is 13.9 Å². The molecule has 1 aliphatic heterocycles. The third-order valence-corrected chi connectivity index (χ3v) is 11.1. The lowest BCUT2D eigenvalue weighted by Gasteiger charge is -2.43. The van der Waals surface area contributed by atoms with Crippen molar-refractivity contribution in [1.29, 1.82) is 0 Å². The highest BCUT2D eigenvalue weighted by molar-refractivity contribution is 6.74. The molecule has 1 N–H and O–H groups in total. The molecule has 1 unspecified atom stereocenters. The van der Waals surface area contributed by atoms with Gasteiger partial charge in [0.05, 0.1) is 6.10 Å². The maximum Gasteiger partial charge on any atom is 0.410 e. The topological polar surface area (TPSA) is 77.1 Å². The monoisotopic (exact) mass is 492 g/mol.